The van der Waals surface area contributed by atoms with Crippen molar-refractivity contribution in [2.24, 2.45) is 0 Å². The van der Waals surface area contributed by atoms with Gasteiger partial charge in [-0.05, 0) is 29.7 Å². The van der Waals surface area contributed by atoms with Crippen LogP contribution in [0.4, 0.5) is 0 Å². The smallest absolute Gasteiger partial charge is 0.356 e. The minimum absolute atomic E-state index is 0.0118. The van der Waals surface area contributed by atoms with Crippen LogP contribution in [0.5, 0.6) is 5.75 Å². The van der Waals surface area contributed by atoms with Crippen molar-refractivity contribution in [1.29, 1.82) is 0 Å². The minimum Gasteiger partial charge on any atom is -0.481 e. The van der Waals surface area contributed by atoms with Gasteiger partial charge in [0.05, 0.1) is 6.42 Å². The van der Waals surface area contributed by atoms with Crippen LogP contribution in [0.25, 0.3) is 0 Å². The molecule has 2 aromatic carbocycles. The standard InChI is InChI=1S/C30H37N3O10/c1-2-3-7-16-31-27(37)22(18-20-10-12-21(13-11-20)43-26(29(39)40)30(41)42)33-28(38)23(17-19-8-5-4-6-9-19)32-24(34)14-15-25(35)36/h4-6,8-13,22-23,26H,2-3,7,14-18H2,1H3,(H,31,37)(H,32,34)(H,33,38)(H,35,36)(H,39,40)(H,41,42)/t22-,23?/m0/s1. The van der Waals surface area contributed by atoms with Crippen LogP contribution < -0.4 is 20.7 Å². The normalized spacial score (nSPS) is 12.0. The molecule has 0 radical (unpaired) electrons. The molecule has 3 amide bonds. The second-order valence-corrected chi connectivity index (χ2v) is 9.79. The molecule has 0 fully saturated rings. The number of benzene rings is 2. The fourth-order valence-electron chi connectivity index (χ4n) is 4.02. The van der Waals surface area contributed by atoms with Crippen molar-refractivity contribution in [2.75, 3.05) is 6.54 Å². The van der Waals surface area contributed by atoms with Crippen molar-refractivity contribution in [3.8, 4) is 5.75 Å². The third kappa shape index (κ3) is 12.6. The van der Waals surface area contributed by atoms with Crippen molar-refractivity contribution in [1.82, 2.24) is 16.0 Å². The molecule has 43 heavy (non-hydrogen) atoms. The SMILES string of the molecule is CCCCCNC(=O)[C@H](Cc1ccc(OC(C(=O)O)C(=O)O)cc1)NC(=O)C(Cc1ccccc1)NC(=O)CCC(=O)O. The zero-order valence-corrected chi connectivity index (χ0v) is 23.8. The Morgan fingerprint density at radius 2 is 1.30 bits per heavy atom. The number of carbonyl (C=O) groups excluding carboxylic acids is 3. The predicted molar refractivity (Wildman–Crippen MR) is 153 cm³/mol. The molecule has 2 atom stereocenters. The molecule has 6 N–H and O–H groups in total. The third-order valence-electron chi connectivity index (χ3n) is 6.28. The number of ether oxygens (including phenoxy) is 1. The van der Waals surface area contributed by atoms with Gasteiger partial charge in [0.25, 0.3) is 6.10 Å². The monoisotopic (exact) mass is 599 g/mol. The summed E-state index contributed by atoms with van der Waals surface area (Å²) in [5, 5.41) is 35.1. The highest BCUT2D eigenvalue weighted by molar-refractivity contribution is 5.96. The van der Waals surface area contributed by atoms with E-state index < -0.39 is 60.2 Å². The van der Waals surface area contributed by atoms with E-state index in [2.05, 4.69) is 16.0 Å². The van der Waals surface area contributed by atoms with Crippen molar-refractivity contribution in [3.63, 3.8) is 0 Å². The van der Waals surface area contributed by atoms with Gasteiger partial charge in [0.1, 0.15) is 17.8 Å². The Kier molecular flexibility index (Phi) is 14.2. The van der Waals surface area contributed by atoms with E-state index in [0.29, 0.717) is 12.1 Å². The Morgan fingerprint density at radius 3 is 1.86 bits per heavy atom. The van der Waals surface area contributed by atoms with Gasteiger partial charge in [-0.1, -0.05) is 62.2 Å². The lowest BCUT2D eigenvalue weighted by Crippen LogP contribution is -2.55. The average molecular weight is 600 g/mol. The summed E-state index contributed by atoms with van der Waals surface area (Å²) in [5.74, 6) is -6.25. The van der Waals surface area contributed by atoms with E-state index in [9.17, 15) is 28.8 Å². The number of aliphatic carboxylic acids is 3. The van der Waals surface area contributed by atoms with Crippen LogP contribution >= 0.6 is 0 Å². The average Bonchev–Trinajstić information content (AvgIpc) is 2.97. The number of carboxylic acids is 3. The molecule has 0 aromatic heterocycles. The van der Waals surface area contributed by atoms with Crippen molar-refractivity contribution < 1.29 is 48.8 Å². The number of hydrogen-bond donors (Lipinski definition) is 6. The van der Waals surface area contributed by atoms with Crippen LogP contribution in [0.2, 0.25) is 0 Å². The predicted octanol–water partition coefficient (Wildman–Crippen LogP) is 1.53. The van der Waals surface area contributed by atoms with Crippen LogP contribution in [0, 0.1) is 0 Å². The van der Waals surface area contributed by atoms with Crippen molar-refractivity contribution in [2.45, 2.75) is 70.1 Å². The van der Waals surface area contributed by atoms with Gasteiger partial charge in [-0.2, -0.15) is 0 Å². The minimum atomic E-state index is -2.10. The van der Waals surface area contributed by atoms with Gasteiger partial charge >= 0.3 is 17.9 Å². The number of amides is 3. The molecule has 0 heterocycles. The highest BCUT2D eigenvalue weighted by Crippen LogP contribution is 2.16. The molecule has 0 bridgehead atoms. The molecule has 0 saturated carbocycles. The topological polar surface area (TPSA) is 208 Å². The maximum atomic E-state index is 13.5. The summed E-state index contributed by atoms with van der Waals surface area (Å²) in [6, 6.07) is 12.4. The number of unbranched alkanes of at least 4 members (excludes halogenated alkanes) is 2. The Labute approximate surface area is 248 Å². The number of carbonyl (C=O) groups is 6. The molecular formula is C30H37N3O10. The molecule has 0 spiro atoms. The Balaban J connectivity index is 2.24. The summed E-state index contributed by atoms with van der Waals surface area (Å²) >= 11 is 0. The largest absolute Gasteiger partial charge is 0.481 e. The molecule has 232 valence electrons. The zero-order valence-electron chi connectivity index (χ0n) is 23.8. The molecular weight excluding hydrogens is 562 g/mol. The van der Waals surface area contributed by atoms with Crippen LogP contribution in [0.15, 0.2) is 54.6 Å². The Bertz CT molecular complexity index is 1240. The first-order valence-corrected chi connectivity index (χ1v) is 13.8. The molecule has 13 nitrogen and oxygen atoms in total. The molecule has 0 saturated heterocycles. The molecule has 0 aliphatic carbocycles. The molecule has 0 aliphatic rings. The van der Waals surface area contributed by atoms with Gasteiger partial charge < -0.3 is 36.0 Å². The lowest BCUT2D eigenvalue weighted by molar-refractivity contribution is -0.159. The molecule has 0 aliphatic heterocycles. The van der Waals surface area contributed by atoms with Gasteiger partial charge in [0, 0.05) is 25.8 Å². The number of rotatable bonds is 19. The first kappa shape index (κ1) is 34.3. The van der Waals surface area contributed by atoms with Crippen LogP contribution in [0.1, 0.15) is 50.2 Å². The molecule has 13 heteroatoms. The zero-order chi connectivity index (χ0) is 31.8. The second-order valence-electron chi connectivity index (χ2n) is 9.79. The van der Waals surface area contributed by atoms with Crippen LogP contribution in [-0.2, 0) is 41.6 Å². The summed E-state index contributed by atoms with van der Waals surface area (Å²) in [6.45, 7) is 2.40. The quantitative estimate of drug-likeness (QED) is 0.101. The van der Waals surface area contributed by atoms with E-state index in [1.807, 2.05) is 6.92 Å². The molecule has 2 aromatic rings. The number of carboxylic acid groups (broad SMARTS) is 3. The van der Waals surface area contributed by atoms with Crippen molar-refractivity contribution >= 4 is 35.6 Å². The highest BCUT2D eigenvalue weighted by Gasteiger charge is 2.29. The first-order valence-electron chi connectivity index (χ1n) is 13.8. The van der Waals surface area contributed by atoms with Crippen molar-refractivity contribution in [3.05, 3.63) is 65.7 Å². The van der Waals surface area contributed by atoms with Crippen LogP contribution in [-0.4, -0.2) is 75.7 Å². The summed E-state index contributed by atoms with van der Waals surface area (Å²) in [4.78, 5) is 72.2. The summed E-state index contributed by atoms with van der Waals surface area (Å²) in [7, 11) is 0. The Hall–Kier alpha value is -4.94. The lowest BCUT2D eigenvalue weighted by Gasteiger charge is -2.24. The van der Waals surface area contributed by atoms with Gasteiger partial charge in [-0.15, -0.1) is 0 Å². The fraction of sp³-hybridized carbons (Fsp3) is 0.400. The van der Waals surface area contributed by atoms with E-state index >= 15 is 0 Å². The van der Waals surface area contributed by atoms with E-state index in [1.165, 1.54) is 24.3 Å². The van der Waals surface area contributed by atoms with E-state index in [1.54, 1.807) is 30.3 Å². The number of hydrogen-bond acceptors (Lipinski definition) is 7. The fourth-order valence-corrected chi connectivity index (χ4v) is 4.02. The van der Waals surface area contributed by atoms with E-state index in [0.717, 1.165) is 24.8 Å². The maximum Gasteiger partial charge on any atom is 0.356 e. The van der Waals surface area contributed by atoms with E-state index in [4.69, 9.17) is 20.1 Å². The second kappa shape index (κ2) is 17.8. The first-order chi connectivity index (χ1) is 20.5. The van der Waals surface area contributed by atoms with Gasteiger partial charge in [0.15, 0.2) is 0 Å². The van der Waals surface area contributed by atoms with Gasteiger partial charge in [-0.3, -0.25) is 19.2 Å². The summed E-state index contributed by atoms with van der Waals surface area (Å²) in [5.41, 5.74) is 1.28. The Morgan fingerprint density at radius 1 is 0.721 bits per heavy atom. The van der Waals surface area contributed by atoms with Gasteiger partial charge in [-0.25, -0.2) is 9.59 Å². The summed E-state index contributed by atoms with van der Waals surface area (Å²) < 4.78 is 5.02. The lowest BCUT2D eigenvalue weighted by atomic mass is 10.0. The molecule has 1 unspecified atom stereocenters. The van der Waals surface area contributed by atoms with E-state index in [-0.39, 0.29) is 25.0 Å². The third-order valence-corrected chi connectivity index (χ3v) is 6.28. The summed E-state index contributed by atoms with van der Waals surface area (Å²) in [6.07, 6.45) is -0.152. The van der Waals surface area contributed by atoms with Crippen LogP contribution in [0.3, 0.4) is 0 Å². The highest BCUT2D eigenvalue weighted by atomic mass is 16.5. The van der Waals surface area contributed by atoms with Gasteiger partial charge in [0.2, 0.25) is 17.7 Å². The maximum absolute atomic E-state index is 13.5. The molecule has 2 rings (SSSR count). The number of nitrogens with one attached hydrogen (secondary N) is 3.